The number of hydrogen-bond donors (Lipinski definition) is 2. The summed E-state index contributed by atoms with van der Waals surface area (Å²) in [7, 11) is -3.36. The highest BCUT2D eigenvalue weighted by molar-refractivity contribution is 7.93. The molecular weight excluding hydrogens is 422 g/mol. The zero-order valence-electron chi connectivity index (χ0n) is 16.0. The third-order valence-electron chi connectivity index (χ3n) is 4.02. The Hall–Kier alpha value is -2.45. The Morgan fingerprint density at radius 3 is 2.41 bits per heavy atom. The Bertz CT molecular complexity index is 1040. The summed E-state index contributed by atoms with van der Waals surface area (Å²) >= 11 is 6.12. The molecule has 0 unspecified atom stereocenters. The van der Waals surface area contributed by atoms with E-state index >= 15 is 0 Å². The molecule has 0 aliphatic rings. The van der Waals surface area contributed by atoms with E-state index in [1.54, 1.807) is 31.2 Å². The lowest BCUT2D eigenvalue weighted by Crippen LogP contribution is -2.32. The van der Waals surface area contributed by atoms with Gasteiger partial charge in [0.2, 0.25) is 0 Å². The van der Waals surface area contributed by atoms with Crippen molar-refractivity contribution in [1.82, 2.24) is 5.32 Å². The van der Waals surface area contributed by atoms with Crippen LogP contribution in [0, 0.1) is 11.6 Å². The fourth-order valence-corrected chi connectivity index (χ4v) is 3.38. The van der Waals surface area contributed by atoms with Gasteiger partial charge in [-0.25, -0.2) is 17.2 Å². The van der Waals surface area contributed by atoms with Gasteiger partial charge < -0.3 is 10.6 Å². The van der Waals surface area contributed by atoms with E-state index in [0.29, 0.717) is 10.6 Å². The predicted octanol–water partition coefficient (Wildman–Crippen LogP) is 4.47. The lowest BCUT2D eigenvalue weighted by Gasteiger charge is -2.18. The Morgan fingerprint density at radius 1 is 1.14 bits per heavy atom. The van der Waals surface area contributed by atoms with Crippen molar-refractivity contribution >= 4 is 33.0 Å². The second-order valence-corrected chi connectivity index (χ2v) is 8.96. The first-order valence-electron chi connectivity index (χ1n) is 8.67. The maximum atomic E-state index is 14.5. The molecule has 0 heterocycles. The molecule has 156 valence electrons. The zero-order chi connectivity index (χ0) is 21.8. The molecule has 0 radical (unpaired) electrons. The smallest absolute Gasteiger partial charge is 0.254 e. The van der Waals surface area contributed by atoms with Gasteiger partial charge in [-0.2, -0.15) is 0 Å². The number of hydrogen-bond acceptors (Lipinski definition) is 4. The zero-order valence-corrected chi connectivity index (χ0v) is 17.6. The third kappa shape index (κ3) is 6.54. The lowest BCUT2D eigenvalue weighted by molar-refractivity contribution is 0.0942. The molecule has 0 aliphatic heterocycles. The van der Waals surface area contributed by atoms with Gasteiger partial charge in [0.1, 0.15) is 11.6 Å². The average molecular weight is 443 g/mol. The summed E-state index contributed by atoms with van der Waals surface area (Å²) in [5, 5.41) is 6.65. The maximum absolute atomic E-state index is 14.5. The largest absolute Gasteiger partial charge is 0.376 e. The van der Waals surface area contributed by atoms with E-state index < -0.39 is 45.0 Å². The average Bonchev–Trinajstić information content (AvgIpc) is 2.62. The molecule has 0 bridgehead atoms. The molecule has 0 fully saturated rings. The van der Waals surface area contributed by atoms with Crippen molar-refractivity contribution in [1.29, 1.82) is 0 Å². The Morgan fingerprint density at radius 2 is 1.79 bits per heavy atom. The number of nitrogens with one attached hydrogen (secondary N) is 2. The van der Waals surface area contributed by atoms with Crippen LogP contribution in [-0.4, -0.2) is 26.6 Å². The fourth-order valence-electron chi connectivity index (χ4n) is 2.56. The summed E-state index contributed by atoms with van der Waals surface area (Å²) < 4.78 is 51.1. The number of carbonyl (C=O) groups excluding carboxylic acids is 1. The molecule has 2 rings (SSSR count). The summed E-state index contributed by atoms with van der Waals surface area (Å²) in [5.41, 5.74) is 0.108. The normalized spacial score (nSPS) is 13.9. The first kappa shape index (κ1) is 22.8. The predicted molar refractivity (Wildman–Crippen MR) is 111 cm³/mol. The van der Waals surface area contributed by atoms with E-state index in [0.717, 1.165) is 23.8 Å². The van der Waals surface area contributed by atoms with E-state index in [-0.39, 0.29) is 5.69 Å². The fraction of sp³-hybridized carbons (Fsp3) is 0.250. The molecular formula is C20H21ClF2N2O3S. The Balaban J connectivity index is 2.17. The second kappa shape index (κ2) is 9.37. The topological polar surface area (TPSA) is 75.3 Å². The van der Waals surface area contributed by atoms with E-state index in [1.165, 1.54) is 13.0 Å². The molecule has 5 nitrogen and oxygen atoms in total. The van der Waals surface area contributed by atoms with E-state index in [1.807, 2.05) is 0 Å². The van der Waals surface area contributed by atoms with Crippen LogP contribution in [0.3, 0.4) is 0 Å². The molecule has 2 atom stereocenters. The van der Waals surface area contributed by atoms with Gasteiger partial charge in [0.25, 0.3) is 5.91 Å². The van der Waals surface area contributed by atoms with Gasteiger partial charge in [0, 0.05) is 28.8 Å². The third-order valence-corrected chi connectivity index (χ3v) is 5.01. The van der Waals surface area contributed by atoms with Crippen molar-refractivity contribution < 1.29 is 22.0 Å². The van der Waals surface area contributed by atoms with Crippen LogP contribution in [0.2, 0.25) is 5.02 Å². The minimum Gasteiger partial charge on any atom is -0.376 e. The van der Waals surface area contributed by atoms with Crippen molar-refractivity contribution in [2.75, 3.05) is 11.6 Å². The Kier molecular flexibility index (Phi) is 7.37. The molecule has 9 heteroatoms. The van der Waals surface area contributed by atoms with Crippen molar-refractivity contribution in [3.05, 3.63) is 75.7 Å². The molecule has 29 heavy (non-hydrogen) atoms. The molecule has 0 saturated carbocycles. The highest BCUT2D eigenvalue weighted by Gasteiger charge is 2.19. The summed E-state index contributed by atoms with van der Waals surface area (Å²) in [5.74, 6) is -2.59. The van der Waals surface area contributed by atoms with Crippen molar-refractivity contribution in [2.45, 2.75) is 25.9 Å². The first-order chi connectivity index (χ1) is 13.5. The highest BCUT2D eigenvalue weighted by Crippen LogP contribution is 2.28. The molecule has 2 aromatic carbocycles. The lowest BCUT2D eigenvalue weighted by atomic mass is 10.1. The van der Waals surface area contributed by atoms with Crippen LogP contribution in [0.5, 0.6) is 0 Å². The summed E-state index contributed by atoms with van der Waals surface area (Å²) in [6.45, 7) is 3.25. The molecule has 2 aromatic rings. The summed E-state index contributed by atoms with van der Waals surface area (Å²) in [4.78, 5) is 12.2. The number of anilines is 1. The van der Waals surface area contributed by atoms with Gasteiger partial charge in [-0.05, 0) is 31.5 Å². The van der Waals surface area contributed by atoms with Crippen LogP contribution in [-0.2, 0) is 9.84 Å². The second-order valence-electron chi connectivity index (χ2n) is 6.62. The van der Waals surface area contributed by atoms with Crippen molar-refractivity contribution in [3.63, 3.8) is 0 Å². The molecule has 2 N–H and O–H groups in total. The molecule has 1 amide bonds. The van der Waals surface area contributed by atoms with Crippen LogP contribution >= 0.6 is 11.6 Å². The van der Waals surface area contributed by atoms with Crippen LogP contribution < -0.4 is 10.6 Å². The first-order valence-corrected chi connectivity index (χ1v) is 11.0. The van der Waals surface area contributed by atoms with Gasteiger partial charge in [-0.1, -0.05) is 35.9 Å². The number of amides is 1. The SMILES string of the molecule is C[C@H](/C=C/S(C)(=O)=O)NC(=O)c1cc(F)c(N[C@@H](C)c2ccccc2Cl)cc1F. The highest BCUT2D eigenvalue weighted by atomic mass is 35.5. The number of benzene rings is 2. The minimum absolute atomic E-state index is 0.114. The molecule has 0 aliphatic carbocycles. The minimum atomic E-state index is -3.36. The van der Waals surface area contributed by atoms with Crippen LogP contribution in [0.15, 0.2) is 47.9 Å². The van der Waals surface area contributed by atoms with Gasteiger partial charge in [-0.3, -0.25) is 4.79 Å². The summed E-state index contributed by atoms with van der Waals surface area (Å²) in [6.07, 6.45) is 2.24. The van der Waals surface area contributed by atoms with E-state index in [9.17, 15) is 22.0 Å². The standard InChI is InChI=1S/C20H21ClF2N2O3S/c1-12(8-9-29(3,27)28)24-20(26)15-10-18(23)19(11-17(15)22)25-13(2)14-6-4-5-7-16(14)21/h4-13,25H,1-3H3,(H,24,26)/b9-8+/t12-,13+/m1/s1. The van der Waals surface area contributed by atoms with Gasteiger partial charge in [-0.15, -0.1) is 0 Å². The molecule has 0 spiro atoms. The monoisotopic (exact) mass is 442 g/mol. The van der Waals surface area contributed by atoms with Crippen LogP contribution in [0.1, 0.15) is 35.8 Å². The molecule has 0 aromatic heterocycles. The quantitative estimate of drug-likeness (QED) is 0.663. The van der Waals surface area contributed by atoms with Crippen LogP contribution in [0.25, 0.3) is 0 Å². The number of rotatable bonds is 7. The van der Waals surface area contributed by atoms with Gasteiger partial charge in [0.15, 0.2) is 9.84 Å². The van der Waals surface area contributed by atoms with Crippen molar-refractivity contribution in [3.8, 4) is 0 Å². The molecule has 0 saturated heterocycles. The van der Waals surface area contributed by atoms with Gasteiger partial charge in [0.05, 0.1) is 17.3 Å². The maximum Gasteiger partial charge on any atom is 0.254 e. The number of halogens is 3. The van der Waals surface area contributed by atoms with Gasteiger partial charge >= 0.3 is 0 Å². The van der Waals surface area contributed by atoms with Crippen LogP contribution in [0.4, 0.5) is 14.5 Å². The number of carbonyl (C=O) groups is 1. The Labute approximate surface area is 173 Å². The van der Waals surface area contributed by atoms with E-state index in [2.05, 4.69) is 10.6 Å². The summed E-state index contributed by atoms with van der Waals surface area (Å²) in [6, 6.07) is 7.59. The van der Waals surface area contributed by atoms with E-state index in [4.69, 9.17) is 11.6 Å². The van der Waals surface area contributed by atoms with Crippen molar-refractivity contribution in [2.24, 2.45) is 0 Å². The number of sulfone groups is 1.